The fourth-order valence-electron chi connectivity index (χ4n) is 2.61. The van der Waals surface area contributed by atoms with Crippen LogP contribution in [0.4, 0.5) is 0 Å². The van der Waals surface area contributed by atoms with Gasteiger partial charge in [-0.15, -0.1) is 0 Å². The molecule has 0 bridgehead atoms. The van der Waals surface area contributed by atoms with E-state index in [0.717, 1.165) is 0 Å². The van der Waals surface area contributed by atoms with Crippen molar-refractivity contribution >= 4 is 5.91 Å². The Balaban J connectivity index is 2.91. The van der Waals surface area contributed by atoms with Gasteiger partial charge in [-0.2, -0.15) is 0 Å². The molecule has 0 aliphatic carbocycles. The predicted molar refractivity (Wildman–Crippen MR) is 54.4 cm³/mol. The average molecular weight is 200 g/mol. The third kappa shape index (κ3) is 1.91. The van der Waals surface area contributed by atoms with Crippen LogP contribution >= 0.6 is 0 Å². The first kappa shape index (κ1) is 11.5. The van der Waals surface area contributed by atoms with Crippen molar-refractivity contribution in [2.24, 2.45) is 11.7 Å². The van der Waals surface area contributed by atoms with Crippen molar-refractivity contribution in [3.63, 3.8) is 0 Å². The number of quaternary nitrogens is 1. The number of carbonyl (C=O) groups is 1. The van der Waals surface area contributed by atoms with Crippen molar-refractivity contribution < 1.29 is 9.86 Å². The monoisotopic (exact) mass is 200 g/mol. The van der Waals surface area contributed by atoms with E-state index < -0.39 is 11.1 Å². The molecule has 0 spiro atoms. The molecular formula is C10H20N2O2. The lowest BCUT2D eigenvalue weighted by atomic mass is 9.75. The third-order valence-electron chi connectivity index (χ3n) is 3.15. The quantitative estimate of drug-likeness (QED) is 0.576. The smallest absolute Gasteiger partial charge is 0.221 e. The lowest BCUT2D eigenvalue weighted by Gasteiger charge is -2.54. The minimum absolute atomic E-state index is 0.155. The molecule has 0 atom stereocenters. The number of amides is 1. The number of hydroxylamine groups is 2. The van der Waals surface area contributed by atoms with E-state index in [2.05, 4.69) is 0 Å². The van der Waals surface area contributed by atoms with Crippen LogP contribution < -0.4 is 10.8 Å². The van der Waals surface area contributed by atoms with Crippen molar-refractivity contribution in [3.8, 4) is 0 Å². The van der Waals surface area contributed by atoms with E-state index >= 15 is 0 Å². The van der Waals surface area contributed by atoms with Crippen LogP contribution in [-0.4, -0.2) is 17.0 Å². The Labute approximate surface area is 85.0 Å². The summed E-state index contributed by atoms with van der Waals surface area (Å²) in [5.41, 5.74) is 4.47. The van der Waals surface area contributed by atoms with Gasteiger partial charge in [0.05, 0.1) is 11.1 Å². The summed E-state index contributed by atoms with van der Waals surface area (Å²) in [6, 6.07) is 0. The van der Waals surface area contributed by atoms with Gasteiger partial charge in [0.15, 0.2) is 0 Å². The fourth-order valence-corrected chi connectivity index (χ4v) is 2.61. The first-order valence-corrected chi connectivity index (χ1v) is 5.01. The zero-order valence-corrected chi connectivity index (χ0v) is 9.39. The Bertz CT molecular complexity index is 231. The maximum absolute atomic E-state index is 12.0. The van der Waals surface area contributed by atoms with Gasteiger partial charge in [-0.1, -0.05) is 0 Å². The Hall–Kier alpha value is -0.610. The van der Waals surface area contributed by atoms with Crippen molar-refractivity contribution in [2.75, 3.05) is 0 Å². The number of nitrogens with one attached hydrogen (secondary N) is 1. The summed E-state index contributed by atoms with van der Waals surface area (Å²) in [5, 5.41) is 12.2. The van der Waals surface area contributed by atoms with Crippen LogP contribution in [0.5, 0.6) is 0 Å². The Morgan fingerprint density at radius 2 is 1.64 bits per heavy atom. The molecule has 1 fully saturated rings. The lowest BCUT2D eigenvalue weighted by molar-refractivity contribution is -0.956. The summed E-state index contributed by atoms with van der Waals surface area (Å²) < 4.78 is 0. The number of nitrogens with two attached hydrogens (primary N) is 1. The molecule has 1 saturated heterocycles. The van der Waals surface area contributed by atoms with E-state index in [-0.39, 0.29) is 16.9 Å². The van der Waals surface area contributed by atoms with Crippen molar-refractivity contribution in [1.29, 1.82) is 0 Å². The van der Waals surface area contributed by atoms with E-state index in [1.165, 1.54) is 0 Å². The van der Waals surface area contributed by atoms with Crippen LogP contribution in [0.2, 0.25) is 0 Å². The van der Waals surface area contributed by atoms with Crippen LogP contribution in [0.25, 0.3) is 0 Å². The molecule has 4 heteroatoms. The molecular weight excluding hydrogens is 180 g/mol. The predicted octanol–water partition coefficient (Wildman–Crippen LogP) is -0.178. The second kappa shape index (κ2) is 3.21. The zero-order valence-electron chi connectivity index (χ0n) is 9.39. The second-order valence-corrected chi connectivity index (χ2v) is 5.60. The molecule has 0 aromatic rings. The number of piperidine rings is 1. The maximum atomic E-state index is 12.0. The third-order valence-corrected chi connectivity index (χ3v) is 3.15. The highest BCUT2D eigenvalue weighted by atomic mass is 16.5. The molecule has 0 aromatic carbocycles. The van der Waals surface area contributed by atoms with Gasteiger partial charge in [-0.25, -0.2) is 0 Å². The van der Waals surface area contributed by atoms with Crippen LogP contribution in [0.1, 0.15) is 40.5 Å². The molecule has 0 radical (unpaired) electrons. The molecule has 1 aliphatic rings. The molecule has 14 heavy (non-hydrogen) atoms. The molecule has 0 unspecified atom stereocenters. The van der Waals surface area contributed by atoms with E-state index in [1.807, 2.05) is 27.7 Å². The van der Waals surface area contributed by atoms with E-state index in [0.29, 0.717) is 12.8 Å². The van der Waals surface area contributed by atoms with Crippen LogP contribution in [-0.2, 0) is 4.79 Å². The topological polar surface area (TPSA) is 70.6 Å². The summed E-state index contributed by atoms with van der Waals surface area (Å²) in [5.74, 6) is -0.434. The molecule has 1 aliphatic heterocycles. The van der Waals surface area contributed by atoms with Gasteiger partial charge in [0.2, 0.25) is 5.91 Å². The van der Waals surface area contributed by atoms with E-state index in [1.54, 1.807) is 0 Å². The fraction of sp³-hybridized carbons (Fsp3) is 0.900. The average Bonchev–Trinajstić information content (AvgIpc) is 1.98. The largest absolute Gasteiger partial charge is 0.634 e. The summed E-state index contributed by atoms with van der Waals surface area (Å²) in [7, 11) is 0. The van der Waals surface area contributed by atoms with Crippen molar-refractivity contribution in [2.45, 2.75) is 51.6 Å². The van der Waals surface area contributed by atoms with E-state index in [9.17, 15) is 10.0 Å². The number of primary amides is 1. The van der Waals surface area contributed by atoms with Gasteiger partial charge in [0.1, 0.15) is 0 Å². The Morgan fingerprint density at radius 3 is 1.93 bits per heavy atom. The molecule has 4 nitrogen and oxygen atoms in total. The number of rotatable bonds is 1. The molecule has 1 heterocycles. The summed E-state index contributed by atoms with van der Waals surface area (Å²) in [6.07, 6.45) is 1.18. The van der Waals surface area contributed by atoms with Gasteiger partial charge >= 0.3 is 0 Å². The minimum Gasteiger partial charge on any atom is -0.634 e. The Morgan fingerprint density at radius 1 is 1.29 bits per heavy atom. The normalized spacial score (nSPS) is 35.2. The summed E-state index contributed by atoms with van der Waals surface area (Å²) in [6.45, 7) is 7.58. The summed E-state index contributed by atoms with van der Waals surface area (Å²) in [4.78, 5) is 11.1. The highest BCUT2D eigenvalue weighted by Gasteiger charge is 2.46. The molecule has 3 N–H and O–H groups in total. The van der Waals surface area contributed by atoms with Crippen LogP contribution in [0.3, 0.4) is 0 Å². The first-order chi connectivity index (χ1) is 6.17. The zero-order chi connectivity index (χ0) is 11.1. The Kier molecular flexibility index (Phi) is 2.63. The molecule has 0 saturated carbocycles. The van der Waals surface area contributed by atoms with Crippen molar-refractivity contribution in [3.05, 3.63) is 5.21 Å². The number of hydrogen-bond donors (Lipinski definition) is 2. The van der Waals surface area contributed by atoms with Gasteiger partial charge < -0.3 is 16.0 Å². The van der Waals surface area contributed by atoms with E-state index in [4.69, 9.17) is 5.73 Å². The van der Waals surface area contributed by atoms with Gasteiger partial charge in [0.25, 0.3) is 0 Å². The van der Waals surface area contributed by atoms with Gasteiger partial charge in [-0.05, 0) is 27.7 Å². The minimum atomic E-state index is -0.415. The van der Waals surface area contributed by atoms with Gasteiger partial charge in [-0.3, -0.25) is 4.79 Å². The lowest BCUT2D eigenvalue weighted by Crippen LogP contribution is -3.23. The highest BCUT2D eigenvalue weighted by molar-refractivity contribution is 5.76. The number of carbonyl (C=O) groups excluding carboxylic acids is 1. The number of hydrogen-bond acceptors (Lipinski definition) is 2. The maximum Gasteiger partial charge on any atom is 0.221 e. The SMILES string of the molecule is CC1(C)CC(C(N)=O)CC(C)(C)[NH+]1[O-]. The standard InChI is InChI=1S/C10H20N2O2/c1-9(2)5-7(8(11)13)6-10(3,4)12(9)14/h7,12H,5-6H2,1-4H3,(H2,11,13). The second-order valence-electron chi connectivity index (χ2n) is 5.60. The van der Waals surface area contributed by atoms with Crippen LogP contribution in [0, 0.1) is 11.1 Å². The summed E-state index contributed by atoms with van der Waals surface area (Å²) >= 11 is 0. The highest BCUT2D eigenvalue weighted by Crippen LogP contribution is 2.28. The van der Waals surface area contributed by atoms with Crippen molar-refractivity contribution in [1.82, 2.24) is 0 Å². The van der Waals surface area contributed by atoms with Gasteiger partial charge in [0, 0.05) is 18.8 Å². The molecule has 1 rings (SSSR count). The van der Waals surface area contributed by atoms with Crippen LogP contribution in [0.15, 0.2) is 0 Å². The molecule has 82 valence electrons. The molecule has 0 aromatic heterocycles. The molecule has 1 amide bonds. The first-order valence-electron chi connectivity index (χ1n) is 5.01.